The van der Waals surface area contributed by atoms with Crippen molar-refractivity contribution in [3.63, 3.8) is 0 Å². The van der Waals surface area contributed by atoms with Crippen molar-refractivity contribution in [1.29, 1.82) is 0 Å². The molecule has 0 heterocycles. The first-order valence-electron chi connectivity index (χ1n) is 5.59. The molecule has 0 aliphatic carbocycles. The fourth-order valence-electron chi connectivity index (χ4n) is 1.66. The Hall–Kier alpha value is -1.30. The lowest BCUT2D eigenvalue weighted by molar-refractivity contribution is -0.384. The lowest BCUT2D eigenvalue weighted by atomic mass is 10.2. The van der Waals surface area contributed by atoms with Gasteiger partial charge in [0.1, 0.15) is 5.69 Å². The summed E-state index contributed by atoms with van der Waals surface area (Å²) < 4.78 is 0.802. The van der Waals surface area contributed by atoms with Gasteiger partial charge >= 0.3 is 0 Å². The van der Waals surface area contributed by atoms with Gasteiger partial charge in [0.2, 0.25) is 0 Å². The number of halogens is 3. The number of nitro benzene ring substituents is 1. The molecule has 2 aromatic carbocycles. The van der Waals surface area contributed by atoms with Crippen LogP contribution in [0.3, 0.4) is 0 Å². The van der Waals surface area contributed by atoms with Crippen molar-refractivity contribution in [1.82, 2.24) is 0 Å². The summed E-state index contributed by atoms with van der Waals surface area (Å²) in [7, 11) is 0. The van der Waals surface area contributed by atoms with E-state index in [1.807, 2.05) is 12.1 Å². The van der Waals surface area contributed by atoms with Crippen molar-refractivity contribution in [2.75, 3.05) is 5.32 Å². The van der Waals surface area contributed by atoms with E-state index >= 15 is 0 Å². The Labute approximate surface area is 134 Å². The van der Waals surface area contributed by atoms with E-state index in [1.165, 1.54) is 18.2 Å². The van der Waals surface area contributed by atoms with Crippen LogP contribution in [0, 0.1) is 10.1 Å². The van der Waals surface area contributed by atoms with Crippen LogP contribution in [0.1, 0.15) is 5.56 Å². The van der Waals surface area contributed by atoms with Crippen LogP contribution >= 0.6 is 39.1 Å². The van der Waals surface area contributed by atoms with Crippen molar-refractivity contribution >= 4 is 50.5 Å². The predicted molar refractivity (Wildman–Crippen MR) is 84.6 cm³/mol. The van der Waals surface area contributed by atoms with E-state index in [0.717, 1.165) is 10.0 Å². The van der Waals surface area contributed by atoms with Gasteiger partial charge in [-0.25, -0.2) is 0 Å². The summed E-state index contributed by atoms with van der Waals surface area (Å²) in [6, 6.07) is 9.88. The zero-order valence-corrected chi connectivity index (χ0v) is 13.2. The first-order valence-corrected chi connectivity index (χ1v) is 7.14. The molecule has 0 aromatic heterocycles. The van der Waals surface area contributed by atoms with Crippen LogP contribution in [0.25, 0.3) is 0 Å². The molecule has 0 aliphatic rings. The molecular weight excluding hydrogens is 367 g/mol. The van der Waals surface area contributed by atoms with Crippen LogP contribution in [-0.4, -0.2) is 4.92 Å². The molecule has 4 nitrogen and oxygen atoms in total. The molecule has 0 saturated carbocycles. The molecule has 20 heavy (non-hydrogen) atoms. The van der Waals surface area contributed by atoms with Gasteiger partial charge in [-0.3, -0.25) is 10.1 Å². The van der Waals surface area contributed by atoms with Gasteiger partial charge in [-0.05, 0) is 45.8 Å². The molecule has 104 valence electrons. The highest BCUT2D eigenvalue weighted by Gasteiger charge is 2.13. The van der Waals surface area contributed by atoms with Crippen molar-refractivity contribution in [2.45, 2.75) is 6.54 Å². The van der Waals surface area contributed by atoms with Crippen LogP contribution in [0.2, 0.25) is 10.0 Å². The number of nitrogens with zero attached hydrogens (tertiary/aromatic N) is 1. The number of nitrogens with one attached hydrogen (secondary N) is 1. The molecule has 0 spiro atoms. The van der Waals surface area contributed by atoms with Crippen LogP contribution in [0.15, 0.2) is 40.9 Å². The SMILES string of the molecule is O=[N+]([O-])c1ccc(Cl)cc1NCc1ccc(Br)c(Cl)c1. The maximum atomic E-state index is 10.9. The Morgan fingerprint density at radius 3 is 2.60 bits per heavy atom. The summed E-state index contributed by atoms with van der Waals surface area (Å²) in [4.78, 5) is 10.5. The van der Waals surface area contributed by atoms with Crippen LogP contribution in [0.4, 0.5) is 11.4 Å². The van der Waals surface area contributed by atoms with Crippen molar-refractivity contribution in [3.8, 4) is 0 Å². The predicted octanol–water partition coefficient (Wildman–Crippen LogP) is 5.28. The van der Waals surface area contributed by atoms with Gasteiger partial charge in [-0.15, -0.1) is 0 Å². The molecule has 1 N–H and O–H groups in total. The lowest BCUT2D eigenvalue weighted by Crippen LogP contribution is -2.02. The maximum Gasteiger partial charge on any atom is 0.292 e. The summed E-state index contributed by atoms with van der Waals surface area (Å²) in [5, 5.41) is 15.0. The van der Waals surface area contributed by atoms with Crippen LogP contribution in [-0.2, 0) is 6.54 Å². The molecule has 0 unspecified atom stereocenters. The fraction of sp³-hybridized carbons (Fsp3) is 0.0769. The largest absolute Gasteiger partial charge is 0.375 e. The quantitative estimate of drug-likeness (QED) is 0.584. The summed E-state index contributed by atoms with van der Waals surface area (Å²) >= 11 is 15.2. The van der Waals surface area contributed by atoms with E-state index in [1.54, 1.807) is 6.07 Å². The normalized spacial score (nSPS) is 10.3. The minimum absolute atomic E-state index is 0.0161. The number of rotatable bonds is 4. The summed E-state index contributed by atoms with van der Waals surface area (Å²) in [5.41, 5.74) is 1.27. The van der Waals surface area contributed by atoms with E-state index < -0.39 is 4.92 Å². The van der Waals surface area contributed by atoms with E-state index in [9.17, 15) is 10.1 Å². The second-order valence-electron chi connectivity index (χ2n) is 4.02. The maximum absolute atomic E-state index is 10.9. The molecule has 2 aromatic rings. The molecule has 0 amide bonds. The van der Waals surface area contributed by atoms with Gasteiger partial charge in [0.25, 0.3) is 5.69 Å². The van der Waals surface area contributed by atoms with E-state index in [-0.39, 0.29) is 5.69 Å². The third-order valence-corrected chi connectivity index (χ3v) is 4.09. The van der Waals surface area contributed by atoms with Gasteiger partial charge in [0, 0.05) is 22.1 Å². The Balaban J connectivity index is 2.20. The topological polar surface area (TPSA) is 55.2 Å². The van der Waals surface area contributed by atoms with E-state index in [4.69, 9.17) is 23.2 Å². The van der Waals surface area contributed by atoms with Crippen molar-refractivity contribution < 1.29 is 4.92 Å². The van der Waals surface area contributed by atoms with Gasteiger partial charge in [-0.1, -0.05) is 29.3 Å². The smallest absolute Gasteiger partial charge is 0.292 e. The average molecular weight is 376 g/mol. The summed E-state index contributed by atoms with van der Waals surface area (Å²) in [5.74, 6) is 0. The lowest BCUT2D eigenvalue weighted by Gasteiger charge is -2.08. The Morgan fingerprint density at radius 1 is 1.20 bits per heavy atom. The van der Waals surface area contributed by atoms with Gasteiger partial charge in [-0.2, -0.15) is 0 Å². The number of benzene rings is 2. The highest BCUT2D eigenvalue weighted by Crippen LogP contribution is 2.29. The monoisotopic (exact) mass is 374 g/mol. The van der Waals surface area contributed by atoms with Gasteiger partial charge in [0.15, 0.2) is 0 Å². The second kappa shape index (κ2) is 6.43. The Kier molecular flexibility index (Phi) is 4.86. The first kappa shape index (κ1) is 15.1. The minimum Gasteiger partial charge on any atom is -0.375 e. The second-order valence-corrected chi connectivity index (χ2v) is 5.72. The van der Waals surface area contributed by atoms with Crippen LogP contribution in [0.5, 0.6) is 0 Å². The van der Waals surface area contributed by atoms with Crippen LogP contribution < -0.4 is 5.32 Å². The summed E-state index contributed by atoms with van der Waals surface area (Å²) in [6.07, 6.45) is 0. The zero-order chi connectivity index (χ0) is 14.7. The number of anilines is 1. The summed E-state index contributed by atoms with van der Waals surface area (Å²) in [6.45, 7) is 0.411. The molecule has 0 aliphatic heterocycles. The van der Waals surface area contributed by atoms with Crippen molar-refractivity contribution in [2.24, 2.45) is 0 Å². The van der Waals surface area contributed by atoms with E-state index in [2.05, 4.69) is 21.2 Å². The van der Waals surface area contributed by atoms with Crippen molar-refractivity contribution in [3.05, 3.63) is 66.6 Å². The molecule has 0 fully saturated rings. The average Bonchev–Trinajstić information content (AvgIpc) is 2.40. The molecule has 0 bridgehead atoms. The number of hydrogen-bond donors (Lipinski definition) is 1. The first-order chi connectivity index (χ1) is 9.47. The fourth-order valence-corrected chi connectivity index (χ4v) is 2.28. The Morgan fingerprint density at radius 2 is 1.95 bits per heavy atom. The molecule has 0 saturated heterocycles. The number of nitro groups is 1. The highest BCUT2D eigenvalue weighted by molar-refractivity contribution is 9.10. The molecule has 0 radical (unpaired) electrons. The molecule has 0 atom stereocenters. The zero-order valence-electron chi connectivity index (χ0n) is 10.1. The molecule has 7 heteroatoms. The number of hydrogen-bond acceptors (Lipinski definition) is 3. The van der Waals surface area contributed by atoms with Gasteiger partial charge < -0.3 is 5.32 Å². The van der Waals surface area contributed by atoms with Gasteiger partial charge in [0.05, 0.1) is 9.95 Å². The third kappa shape index (κ3) is 3.62. The minimum atomic E-state index is -0.451. The molecular formula is C13H9BrCl2N2O2. The molecule has 2 rings (SSSR count). The third-order valence-electron chi connectivity index (χ3n) is 2.62. The highest BCUT2D eigenvalue weighted by atomic mass is 79.9. The van der Waals surface area contributed by atoms with E-state index in [0.29, 0.717) is 22.3 Å². The Bertz CT molecular complexity index is 665. The standard InChI is InChI=1S/C13H9BrCl2N2O2/c14-10-3-1-8(5-11(10)16)7-17-12-6-9(15)2-4-13(12)18(19)20/h1-6,17H,7H2.